The van der Waals surface area contributed by atoms with E-state index in [9.17, 15) is 23.2 Å². The number of hydrogen-bond donors (Lipinski definition) is 0. The lowest BCUT2D eigenvalue weighted by Crippen LogP contribution is -2.55. The van der Waals surface area contributed by atoms with Crippen LogP contribution in [0.15, 0.2) is 55.0 Å². The first-order valence-corrected chi connectivity index (χ1v) is 11.5. The van der Waals surface area contributed by atoms with Crippen LogP contribution in [-0.4, -0.2) is 26.5 Å². The molecular weight excluding hydrogens is 510 g/mol. The maximum Gasteiger partial charge on any atom is 0.421 e. The Morgan fingerprint density at radius 3 is 2.57 bits per heavy atom. The van der Waals surface area contributed by atoms with Gasteiger partial charge in [0.25, 0.3) is 5.91 Å². The van der Waals surface area contributed by atoms with Gasteiger partial charge in [-0.05, 0) is 55.7 Å². The van der Waals surface area contributed by atoms with Gasteiger partial charge < -0.3 is 9.64 Å². The monoisotopic (exact) mass is 527 g/mol. The minimum Gasteiger partial charge on any atom is -0.486 e. The molecule has 12 heteroatoms. The molecule has 0 radical (unpaired) electrons. The zero-order valence-corrected chi connectivity index (χ0v) is 19.8. The number of alkyl halides is 3. The molecule has 0 atom stereocenters. The lowest BCUT2D eigenvalue weighted by atomic mass is 9.75. The Kier molecular flexibility index (Phi) is 6.03. The van der Waals surface area contributed by atoms with Gasteiger partial charge in [-0.25, -0.2) is 9.37 Å². The number of halogens is 4. The zero-order valence-electron chi connectivity index (χ0n) is 19.0. The Hall–Kier alpha value is -4.11. The predicted octanol–water partition coefficient (Wildman–Crippen LogP) is 5.15. The second-order valence-corrected chi connectivity index (χ2v) is 8.94. The van der Waals surface area contributed by atoms with Crippen molar-refractivity contribution in [2.24, 2.45) is 0 Å². The van der Waals surface area contributed by atoms with Gasteiger partial charge in [-0.1, -0.05) is 6.07 Å². The summed E-state index contributed by atoms with van der Waals surface area (Å²) < 4.78 is 62.4. The minimum absolute atomic E-state index is 0.0456. The first-order chi connectivity index (χ1) is 17.7. The molecule has 5 rings (SSSR count). The van der Waals surface area contributed by atoms with Gasteiger partial charge in [0.15, 0.2) is 22.4 Å². The molecule has 188 valence electrons. The molecule has 1 spiro atoms. The minimum atomic E-state index is -4.97. The number of carbonyl (C=O) groups is 1. The molecule has 2 aliphatic rings. The van der Waals surface area contributed by atoms with E-state index in [1.807, 2.05) is 0 Å². The maximum atomic E-state index is 15.0. The number of rotatable bonds is 5. The van der Waals surface area contributed by atoms with Crippen molar-refractivity contribution >= 4 is 34.6 Å². The van der Waals surface area contributed by atoms with Crippen molar-refractivity contribution in [1.29, 1.82) is 5.26 Å². The van der Waals surface area contributed by atoms with Crippen molar-refractivity contribution in [3.8, 4) is 11.8 Å². The third-order valence-electron chi connectivity index (χ3n) is 6.44. The molecular formula is C25H17F4N5O2S. The molecule has 3 aromatic rings. The molecule has 1 aromatic carbocycles. The number of carbonyl (C=O) groups excluding carboxylic acids is 1. The Balaban J connectivity index is 1.51. The van der Waals surface area contributed by atoms with Crippen LogP contribution in [0.25, 0.3) is 0 Å². The number of amides is 1. The summed E-state index contributed by atoms with van der Waals surface area (Å²) in [7, 11) is 0. The number of anilines is 2. The van der Waals surface area contributed by atoms with Gasteiger partial charge in [0.2, 0.25) is 0 Å². The first-order valence-electron chi connectivity index (χ1n) is 11.1. The standard InChI is InChI=1S/C25H17F4N5O2S/c26-17-11-16(4-5-20(17)36-14-15-3-1-9-31-13-15)34-23(37)33(22(35)24(34)7-2-8-24)19-6-10-32-18(12-30)21(19)25(27,28)29/h1,3-6,9-11,13H,2,7-8,14H2. The lowest BCUT2D eigenvalue weighted by molar-refractivity contribution is -0.137. The summed E-state index contributed by atoms with van der Waals surface area (Å²) in [6.45, 7) is 0.0753. The van der Waals surface area contributed by atoms with E-state index in [0.29, 0.717) is 19.3 Å². The molecule has 1 aliphatic heterocycles. The number of nitrogens with zero attached hydrogens (tertiary/aromatic N) is 5. The molecule has 2 aromatic heterocycles. The van der Waals surface area contributed by atoms with Crippen LogP contribution in [0.3, 0.4) is 0 Å². The van der Waals surface area contributed by atoms with Crippen molar-refractivity contribution < 1.29 is 27.1 Å². The zero-order chi connectivity index (χ0) is 26.4. The highest BCUT2D eigenvalue weighted by Gasteiger charge is 2.60. The normalized spacial score (nSPS) is 16.6. The summed E-state index contributed by atoms with van der Waals surface area (Å²) in [5.41, 5.74) is -3.12. The fourth-order valence-corrected chi connectivity index (χ4v) is 5.05. The van der Waals surface area contributed by atoms with E-state index in [1.165, 1.54) is 23.1 Å². The largest absolute Gasteiger partial charge is 0.486 e. The average molecular weight is 528 g/mol. The molecule has 1 amide bonds. The van der Waals surface area contributed by atoms with Crippen molar-refractivity contribution in [3.05, 3.63) is 77.6 Å². The van der Waals surface area contributed by atoms with Crippen LogP contribution in [0, 0.1) is 17.1 Å². The smallest absolute Gasteiger partial charge is 0.421 e. The first kappa shape index (κ1) is 24.6. The molecule has 1 saturated heterocycles. The van der Waals surface area contributed by atoms with E-state index in [4.69, 9.17) is 17.0 Å². The second kappa shape index (κ2) is 9.08. The van der Waals surface area contributed by atoms with Gasteiger partial charge in [0, 0.05) is 35.9 Å². The van der Waals surface area contributed by atoms with Crippen molar-refractivity contribution in [2.75, 3.05) is 9.80 Å². The van der Waals surface area contributed by atoms with Crippen molar-refractivity contribution in [2.45, 2.75) is 37.6 Å². The third-order valence-corrected chi connectivity index (χ3v) is 6.81. The highest BCUT2D eigenvalue weighted by molar-refractivity contribution is 7.81. The Morgan fingerprint density at radius 1 is 1.19 bits per heavy atom. The van der Waals surface area contributed by atoms with Gasteiger partial charge in [0.1, 0.15) is 23.8 Å². The molecule has 0 N–H and O–H groups in total. The third kappa shape index (κ3) is 4.05. The predicted molar refractivity (Wildman–Crippen MR) is 128 cm³/mol. The summed E-state index contributed by atoms with van der Waals surface area (Å²) >= 11 is 5.51. The second-order valence-electron chi connectivity index (χ2n) is 8.57. The van der Waals surface area contributed by atoms with Crippen LogP contribution in [0.1, 0.15) is 36.1 Å². The summed E-state index contributed by atoms with van der Waals surface area (Å²) in [5.74, 6) is -1.44. The summed E-state index contributed by atoms with van der Waals surface area (Å²) in [4.78, 5) is 23.3. The molecule has 3 heterocycles. The SMILES string of the molecule is N#Cc1nccc(N2C(=O)C3(CCC3)N(c3ccc(OCc4cccnc4)c(F)c3)C2=S)c1C(F)(F)F. The number of ether oxygens (including phenoxy) is 1. The molecule has 7 nitrogen and oxygen atoms in total. The Bertz CT molecular complexity index is 1440. The quantitative estimate of drug-likeness (QED) is 0.336. The van der Waals surface area contributed by atoms with Crippen LogP contribution >= 0.6 is 12.2 Å². The summed E-state index contributed by atoms with van der Waals surface area (Å²) in [5, 5.41) is 8.99. The van der Waals surface area contributed by atoms with Crippen LogP contribution in [0.4, 0.5) is 28.9 Å². The molecule has 2 fully saturated rings. The molecule has 1 aliphatic carbocycles. The lowest BCUT2D eigenvalue weighted by Gasteiger charge is -2.43. The van der Waals surface area contributed by atoms with E-state index in [0.717, 1.165) is 28.8 Å². The van der Waals surface area contributed by atoms with E-state index >= 15 is 4.39 Å². The van der Waals surface area contributed by atoms with Crippen LogP contribution in [-0.2, 0) is 17.6 Å². The number of hydrogen-bond acceptors (Lipinski definition) is 6. The number of aromatic nitrogens is 2. The molecule has 37 heavy (non-hydrogen) atoms. The van der Waals surface area contributed by atoms with E-state index in [2.05, 4.69) is 9.97 Å². The van der Waals surface area contributed by atoms with E-state index < -0.39 is 40.4 Å². The molecule has 1 saturated carbocycles. The summed E-state index contributed by atoms with van der Waals surface area (Å²) in [6, 6.07) is 9.95. The van der Waals surface area contributed by atoms with Gasteiger partial charge in [-0.3, -0.25) is 14.7 Å². The van der Waals surface area contributed by atoms with Gasteiger partial charge in [0.05, 0.1) is 5.69 Å². The van der Waals surface area contributed by atoms with Gasteiger partial charge in [-0.15, -0.1) is 0 Å². The van der Waals surface area contributed by atoms with Gasteiger partial charge in [-0.2, -0.15) is 18.4 Å². The van der Waals surface area contributed by atoms with E-state index in [1.54, 1.807) is 24.5 Å². The van der Waals surface area contributed by atoms with Crippen molar-refractivity contribution in [1.82, 2.24) is 9.97 Å². The van der Waals surface area contributed by atoms with Gasteiger partial charge >= 0.3 is 6.18 Å². The van der Waals surface area contributed by atoms with Crippen LogP contribution in [0.2, 0.25) is 0 Å². The van der Waals surface area contributed by atoms with Crippen LogP contribution in [0.5, 0.6) is 5.75 Å². The van der Waals surface area contributed by atoms with Crippen molar-refractivity contribution in [3.63, 3.8) is 0 Å². The fourth-order valence-electron chi connectivity index (χ4n) is 4.59. The fraction of sp³-hybridized carbons (Fsp3) is 0.240. The average Bonchev–Trinajstić information content (AvgIpc) is 3.09. The number of nitriles is 1. The maximum absolute atomic E-state index is 15.0. The van der Waals surface area contributed by atoms with E-state index in [-0.39, 0.29) is 23.2 Å². The number of thiocarbonyl (C=S) groups is 1. The number of pyridine rings is 2. The topological polar surface area (TPSA) is 82.4 Å². The van der Waals surface area contributed by atoms with Crippen LogP contribution < -0.4 is 14.5 Å². The molecule has 0 unspecified atom stereocenters. The number of benzene rings is 1. The Labute approximate surface area is 213 Å². The highest BCUT2D eigenvalue weighted by Crippen LogP contribution is 2.50. The molecule has 0 bridgehead atoms. The Morgan fingerprint density at radius 2 is 1.97 bits per heavy atom. The summed E-state index contributed by atoms with van der Waals surface area (Å²) in [6.07, 6.45) is 0.513. The highest BCUT2D eigenvalue weighted by atomic mass is 32.1.